The molecule has 1 aliphatic rings. The quantitative estimate of drug-likeness (QED) is 0.612. The van der Waals surface area contributed by atoms with Crippen LogP contribution < -0.4 is 0 Å². The second-order valence-electron chi connectivity index (χ2n) is 7.53. The van der Waals surface area contributed by atoms with E-state index in [-0.39, 0.29) is 11.9 Å². The number of aromatic nitrogens is 1. The molecule has 1 amide bonds. The van der Waals surface area contributed by atoms with Gasteiger partial charge >= 0.3 is 0 Å². The fourth-order valence-electron chi connectivity index (χ4n) is 4.00. The first-order valence-corrected chi connectivity index (χ1v) is 9.75. The van der Waals surface area contributed by atoms with Gasteiger partial charge in [0, 0.05) is 24.9 Å². The van der Waals surface area contributed by atoms with Gasteiger partial charge in [-0.2, -0.15) is 0 Å². The number of amides is 1. The Kier molecular flexibility index (Phi) is 4.61. The summed E-state index contributed by atoms with van der Waals surface area (Å²) in [6.07, 6.45) is 2.60. The van der Waals surface area contributed by atoms with Crippen molar-refractivity contribution in [3.05, 3.63) is 89.2 Å². The van der Waals surface area contributed by atoms with Gasteiger partial charge in [0.25, 0.3) is 0 Å². The Hall–Kier alpha value is -2.81. The third kappa shape index (κ3) is 3.08. The maximum absolute atomic E-state index is 12.9. The lowest BCUT2D eigenvalue weighted by molar-refractivity contribution is -0.133. The van der Waals surface area contributed by atoms with Gasteiger partial charge < -0.3 is 9.47 Å². The maximum Gasteiger partial charge on any atom is 0.223 e. The van der Waals surface area contributed by atoms with Crippen molar-refractivity contribution >= 4 is 5.91 Å². The predicted molar refractivity (Wildman–Crippen MR) is 109 cm³/mol. The van der Waals surface area contributed by atoms with Gasteiger partial charge in [-0.1, -0.05) is 63.2 Å². The summed E-state index contributed by atoms with van der Waals surface area (Å²) in [4.78, 5) is 15.0. The average Bonchev–Trinajstić information content (AvgIpc) is 3.12. The molecule has 0 aliphatic carbocycles. The van der Waals surface area contributed by atoms with Gasteiger partial charge in [0.1, 0.15) is 0 Å². The van der Waals surface area contributed by atoms with Gasteiger partial charge in [0.2, 0.25) is 5.91 Å². The number of carbonyl (C=O) groups excluding carboxylic acids is 1. The molecule has 2 aromatic carbocycles. The molecule has 0 radical (unpaired) electrons. The molecule has 0 saturated carbocycles. The van der Waals surface area contributed by atoms with E-state index in [1.165, 1.54) is 11.1 Å². The Morgan fingerprint density at radius 3 is 2.48 bits per heavy atom. The van der Waals surface area contributed by atoms with Crippen LogP contribution in [0.25, 0.3) is 5.69 Å². The van der Waals surface area contributed by atoms with Crippen LogP contribution in [0.1, 0.15) is 61.5 Å². The molecule has 0 N–H and O–H groups in total. The highest BCUT2D eigenvalue weighted by Gasteiger charge is 2.32. The smallest absolute Gasteiger partial charge is 0.223 e. The highest BCUT2D eigenvalue weighted by molar-refractivity contribution is 5.77. The van der Waals surface area contributed by atoms with E-state index in [4.69, 9.17) is 0 Å². The minimum atomic E-state index is -0.0823. The summed E-state index contributed by atoms with van der Waals surface area (Å²) in [5.41, 5.74) is 5.96. The Labute approximate surface area is 161 Å². The predicted octanol–water partition coefficient (Wildman–Crippen LogP) is 5.44. The summed E-state index contributed by atoms with van der Waals surface area (Å²) in [6, 6.07) is 21.3. The molecule has 0 fully saturated rings. The van der Waals surface area contributed by atoms with Crippen LogP contribution in [0.3, 0.4) is 0 Å². The number of rotatable bonds is 3. The number of hydrogen-bond donors (Lipinski definition) is 0. The van der Waals surface area contributed by atoms with Crippen LogP contribution in [0.15, 0.2) is 66.9 Å². The van der Waals surface area contributed by atoms with Crippen molar-refractivity contribution < 1.29 is 4.79 Å². The second kappa shape index (κ2) is 7.07. The van der Waals surface area contributed by atoms with E-state index < -0.39 is 0 Å². The number of hydrogen-bond acceptors (Lipinski definition) is 1. The van der Waals surface area contributed by atoms with Crippen molar-refractivity contribution in [2.75, 3.05) is 0 Å². The molecule has 1 aliphatic heterocycles. The molecular weight excluding hydrogens is 332 g/mol. The van der Waals surface area contributed by atoms with E-state index in [0.717, 1.165) is 16.9 Å². The highest BCUT2D eigenvalue weighted by Crippen LogP contribution is 2.37. The maximum atomic E-state index is 12.9. The Balaban J connectivity index is 1.89. The van der Waals surface area contributed by atoms with E-state index in [0.29, 0.717) is 18.9 Å². The molecule has 0 bridgehead atoms. The number of fused-ring (bicyclic) bond motifs is 3. The molecule has 3 nitrogen and oxygen atoms in total. The standard InChI is InChI=1S/C24H26N2O/c1-4-23(27)26-16-20-8-5-6-9-21(20)25-15-7-10-22(25)24(26)19-13-11-18(12-14-19)17(2)3/h5-15,17,24H,4,16H2,1-3H3/t24-/m0/s1. The van der Waals surface area contributed by atoms with Crippen LogP contribution in [-0.4, -0.2) is 15.4 Å². The first-order valence-electron chi connectivity index (χ1n) is 9.75. The summed E-state index contributed by atoms with van der Waals surface area (Å²) in [5, 5.41) is 0. The molecule has 0 saturated heterocycles. The van der Waals surface area contributed by atoms with Crippen LogP contribution in [0.5, 0.6) is 0 Å². The van der Waals surface area contributed by atoms with Crippen molar-refractivity contribution in [1.29, 1.82) is 0 Å². The average molecular weight is 358 g/mol. The van der Waals surface area contributed by atoms with Gasteiger partial charge in [-0.3, -0.25) is 4.79 Å². The SMILES string of the molecule is CCC(=O)N1Cc2ccccc2-n2cccc2[C@@H]1c1ccc(C(C)C)cc1. The summed E-state index contributed by atoms with van der Waals surface area (Å²) in [7, 11) is 0. The summed E-state index contributed by atoms with van der Waals surface area (Å²) in [5.74, 6) is 0.673. The lowest BCUT2D eigenvalue weighted by atomic mass is 9.96. The molecule has 4 rings (SSSR count). The summed E-state index contributed by atoms with van der Waals surface area (Å²) >= 11 is 0. The van der Waals surface area contributed by atoms with Crippen molar-refractivity contribution in [2.45, 2.75) is 45.7 Å². The third-order valence-corrected chi connectivity index (χ3v) is 5.51. The summed E-state index contributed by atoms with van der Waals surface area (Å²) < 4.78 is 2.24. The Bertz CT molecular complexity index is 953. The molecule has 0 spiro atoms. The molecule has 27 heavy (non-hydrogen) atoms. The number of nitrogens with zero attached hydrogens (tertiary/aromatic N) is 2. The fraction of sp³-hybridized carbons (Fsp3) is 0.292. The lowest BCUT2D eigenvalue weighted by Gasteiger charge is -2.31. The molecule has 1 atom stereocenters. The topological polar surface area (TPSA) is 25.2 Å². The van der Waals surface area contributed by atoms with Crippen molar-refractivity contribution in [3.63, 3.8) is 0 Å². The first kappa shape index (κ1) is 17.6. The minimum absolute atomic E-state index is 0.0823. The zero-order valence-corrected chi connectivity index (χ0v) is 16.2. The van der Waals surface area contributed by atoms with E-state index in [1.54, 1.807) is 0 Å². The number of benzene rings is 2. The van der Waals surface area contributed by atoms with E-state index >= 15 is 0 Å². The largest absolute Gasteiger partial charge is 0.326 e. The highest BCUT2D eigenvalue weighted by atomic mass is 16.2. The van der Waals surface area contributed by atoms with Gasteiger partial charge in [0.05, 0.1) is 11.7 Å². The number of carbonyl (C=O) groups is 1. The monoisotopic (exact) mass is 358 g/mol. The fourth-order valence-corrected chi connectivity index (χ4v) is 4.00. The lowest BCUT2D eigenvalue weighted by Crippen LogP contribution is -2.34. The van der Waals surface area contributed by atoms with Gasteiger partial charge in [-0.05, 0) is 40.8 Å². The molecule has 3 heteroatoms. The molecule has 2 heterocycles. The minimum Gasteiger partial charge on any atom is -0.326 e. The van der Waals surface area contributed by atoms with Gasteiger partial charge in [-0.25, -0.2) is 0 Å². The van der Waals surface area contributed by atoms with E-state index in [2.05, 4.69) is 79.2 Å². The van der Waals surface area contributed by atoms with Crippen LogP contribution in [0.2, 0.25) is 0 Å². The zero-order chi connectivity index (χ0) is 19.0. The van der Waals surface area contributed by atoms with Crippen molar-refractivity contribution in [2.24, 2.45) is 0 Å². The zero-order valence-electron chi connectivity index (χ0n) is 16.2. The third-order valence-electron chi connectivity index (χ3n) is 5.51. The molecule has 138 valence electrons. The van der Waals surface area contributed by atoms with Gasteiger partial charge in [0.15, 0.2) is 0 Å². The second-order valence-corrected chi connectivity index (χ2v) is 7.53. The normalized spacial score (nSPS) is 16.0. The van der Waals surface area contributed by atoms with Crippen LogP contribution in [0.4, 0.5) is 0 Å². The Morgan fingerprint density at radius 2 is 1.78 bits per heavy atom. The molecular formula is C24H26N2O. The molecule has 3 aromatic rings. The van der Waals surface area contributed by atoms with Crippen molar-refractivity contribution in [3.8, 4) is 5.69 Å². The van der Waals surface area contributed by atoms with E-state index in [9.17, 15) is 4.79 Å². The van der Waals surface area contributed by atoms with Crippen LogP contribution >= 0.6 is 0 Å². The Morgan fingerprint density at radius 1 is 1.04 bits per heavy atom. The van der Waals surface area contributed by atoms with Crippen LogP contribution in [0, 0.1) is 0 Å². The van der Waals surface area contributed by atoms with E-state index in [1.807, 2.05) is 17.9 Å². The number of para-hydroxylation sites is 1. The molecule has 0 unspecified atom stereocenters. The summed E-state index contributed by atoms with van der Waals surface area (Å²) in [6.45, 7) is 6.98. The van der Waals surface area contributed by atoms with Gasteiger partial charge in [-0.15, -0.1) is 0 Å². The van der Waals surface area contributed by atoms with Crippen molar-refractivity contribution in [1.82, 2.24) is 9.47 Å². The molecule has 1 aromatic heterocycles. The first-order chi connectivity index (χ1) is 13.1. The van der Waals surface area contributed by atoms with Crippen LogP contribution in [-0.2, 0) is 11.3 Å².